The molecule has 0 saturated heterocycles. The van der Waals surface area contributed by atoms with Crippen molar-refractivity contribution in [2.75, 3.05) is 0 Å². The van der Waals surface area contributed by atoms with Gasteiger partial charge in [-0.1, -0.05) is 60.7 Å². The van der Waals surface area contributed by atoms with Crippen LogP contribution in [0.1, 0.15) is 0 Å². The van der Waals surface area contributed by atoms with Crippen LogP contribution in [0.3, 0.4) is 0 Å². The number of fused-ring (bicyclic) bond motifs is 1. The average Bonchev–Trinajstić information content (AvgIpc) is 3.26. The van der Waals surface area contributed by atoms with Crippen molar-refractivity contribution in [3.8, 4) is 44.9 Å². The number of pyridine rings is 2. The lowest BCUT2D eigenvalue weighted by atomic mass is 9.99. The maximum absolute atomic E-state index is 12.5. The first-order valence-corrected chi connectivity index (χ1v) is 11.4. The molecule has 35 heavy (non-hydrogen) atoms. The van der Waals surface area contributed by atoms with E-state index < -0.39 is 0 Å². The first-order valence-electron chi connectivity index (χ1n) is 11.4. The van der Waals surface area contributed by atoms with Gasteiger partial charge in [-0.15, -0.1) is 0 Å². The predicted octanol–water partition coefficient (Wildman–Crippen LogP) is 6.32. The van der Waals surface area contributed by atoms with Gasteiger partial charge in [0.2, 0.25) is 0 Å². The molecule has 0 aliphatic rings. The summed E-state index contributed by atoms with van der Waals surface area (Å²) in [4.78, 5) is 25.0. The zero-order valence-electron chi connectivity index (χ0n) is 19.1. The van der Waals surface area contributed by atoms with Crippen LogP contribution in [0.5, 0.6) is 0 Å². The van der Waals surface area contributed by atoms with E-state index >= 15 is 0 Å². The van der Waals surface area contributed by atoms with Crippen molar-refractivity contribution in [1.29, 1.82) is 0 Å². The minimum Gasteiger partial charge on any atom is -0.367 e. The van der Waals surface area contributed by atoms with Gasteiger partial charge >= 0.3 is 0 Å². The molecular weight excluding hydrogens is 432 g/mol. The Morgan fingerprint density at radius 1 is 0.743 bits per heavy atom. The number of aromatic nitrogens is 4. The molecule has 0 bridgehead atoms. The number of hydrogen-bond donors (Lipinski definition) is 1. The Labute approximate surface area is 202 Å². The van der Waals surface area contributed by atoms with Gasteiger partial charge in [0, 0.05) is 42.8 Å². The van der Waals surface area contributed by atoms with E-state index in [1.807, 2.05) is 60.3 Å². The highest BCUT2D eigenvalue weighted by Crippen LogP contribution is 2.33. The molecule has 0 aliphatic carbocycles. The third-order valence-electron chi connectivity index (χ3n) is 6.31. The molecule has 0 amide bonds. The van der Waals surface area contributed by atoms with Crippen LogP contribution in [0.15, 0.2) is 114 Å². The van der Waals surface area contributed by atoms with E-state index in [4.69, 9.17) is 4.98 Å². The lowest BCUT2D eigenvalue weighted by Gasteiger charge is -2.08. The van der Waals surface area contributed by atoms with E-state index in [9.17, 15) is 4.79 Å². The second-order valence-electron chi connectivity index (χ2n) is 8.47. The maximum atomic E-state index is 12.5. The van der Waals surface area contributed by atoms with Crippen LogP contribution in [0.4, 0.5) is 0 Å². The predicted molar refractivity (Wildman–Crippen MR) is 141 cm³/mol. The number of rotatable bonds is 4. The van der Waals surface area contributed by atoms with Gasteiger partial charge in [0.05, 0.1) is 22.3 Å². The number of nitrogens with zero attached hydrogens (tertiary/aromatic N) is 3. The third kappa shape index (κ3) is 3.73. The second kappa shape index (κ2) is 8.54. The third-order valence-corrected chi connectivity index (χ3v) is 6.31. The number of benzene rings is 3. The Balaban J connectivity index is 1.46. The fourth-order valence-electron chi connectivity index (χ4n) is 4.52. The van der Waals surface area contributed by atoms with Gasteiger partial charge in [0.25, 0.3) is 0 Å². The molecule has 0 saturated carbocycles. The summed E-state index contributed by atoms with van der Waals surface area (Å²) in [7, 11) is 1.94. The van der Waals surface area contributed by atoms with E-state index in [0.717, 1.165) is 44.5 Å². The van der Waals surface area contributed by atoms with Gasteiger partial charge < -0.3 is 9.55 Å². The maximum Gasteiger partial charge on any atom is 0.192 e. The molecule has 0 atom stereocenters. The highest BCUT2D eigenvalue weighted by molar-refractivity contribution is 5.95. The second-order valence-corrected chi connectivity index (χ2v) is 8.47. The van der Waals surface area contributed by atoms with Crippen molar-refractivity contribution in [3.05, 3.63) is 120 Å². The number of para-hydroxylation sites is 1. The Morgan fingerprint density at radius 2 is 1.54 bits per heavy atom. The molecule has 3 aromatic carbocycles. The van der Waals surface area contributed by atoms with E-state index in [2.05, 4.69) is 52.4 Å². The number of imidazole rings is 1. The van der Waals surface area contributed by atoms with E-state index in [-0.39, 0.29) is 5.43 Å². The van der Waals surface area contributed by atoms with Gasteiger partial charge in [-0.2, -0.15) is 0 Å². The summed E-state index contributed by atoms with van der Waals surface area (Å²) in [5.41, 5.74) is 8.62. The summed E-state index contributed by atoms with van der Waals surface area (Å²) in [6, 6.07) is 30.5. The Kier molecular flexibility index (Phi) is 5.08. The molecule has 6 rings (SSSR count). The van der Waals surface area contributed by atoms with Gasteiger partial charge in [-0.05, 0) is 41.0 Å². The largest absolute Gasteiger partial charge is 0.367 e. The first-order chi connectivity index (χ1) is 17.2. The number of nitrogens with one attached hydrogen (secondary N) is 1. The smallest absolute Gasteiger partial charge is 0.192 e. The van der Waals surface area contributed by atoms with Crippen LogP contribution in [0, 0.1) is 0 Å². The summed E-state index contributed by atoms with van der Waals surface area (Å²) in [6.07, 6.45) is 5.19. The van der Waals surface area contributed by atoms with Crippen LogP contribution in [0.25, 0.3) is 55.9 Å². The minimum atomic E-state index is -0.0601. The van der Waals surface area contributed by atoms with Gasteiger partial charge in [0.15, 0.2) is 5.43 Å². The molecule has 0 fully saturated rings. The van der Waals surface area contributed by atoms with E-state index in [1.54, 1.807) is 12.4 Å². The fourth-order valence-corrected chi connectivity index (χ4v) is 4.52. The van der Waals surface area contributed by atoms with Crippen LogP contribution < -0.4 is 5.43 Å². The van der Waals surface area contributed by atoms with E-state index in [0.29, 0.717) is 11.4 Å². The lowest BCUT2D eigenvalue weighted by Crippen LogP contribution is -2.06. The summed E-state index contributed by atoms with van der Waals surface area (Å²) in [5.74, 6) is 0.641. The Morgan fingerprint density at radius 3 is 2.40 bits per heavy atom. The lowest BCUT2D eigenvalue weighted by molar-refractivity contribution is 0.955. The van der Waals surface area contributed by atoms with Crippen LogP contribution in [0.2, 0.25) is 0 Å². The quantitative estimate of drug-likeness (QED) is 0.339. The SMILES string of the molecule is Cn1c(-c2c[nH]ccc2=O)nc2c(-c3cccc(-c4cc(-c5ccccc5)ccn4)c3)cccc21. The Hall–Kier alpha value is -4.77. The fraction of sp³-hybridized carbons (Fsp3) is 0.0333. The summed E-state index contributed by atoms with van der Waals surface area (Å²) in [5, 5.41) is 0. The monoisotopic (exact) mass is 454 g/mol. The van der Waals surface area contributed by atoms with Gasteiger partial charge in [-0.3, -0.25) is 9.78 Å². The van der Waals surface area contributed by atoms with Gasteiger partial charge in [0.1, 0.15) is 5.82 Å². The molecule has 5 nitrogen and oxygen atoms in total. The molecule has 0 unspecified atom stereocenters. The standard InChI is InChI=1S/C30H22N4O/c1-34-27-12-6-11-24(29(27)33-30(34)25-19-31-15-14-28(25)35)22-9-5-10-23(17-22)26-18-21(13-16-32-26)20-7-3-2-4-8-20/h2-19H,1H3,(H,31,35). The van der Waals surface area contributed by atoms with Crippen LogP contribution in [-0.4, -0.2) is 19.5 Å². The highest BCUT2D eigenvalue weighted by atomic mass is 16.1. The molecule has 1 N–H and O–H groups in total. The molecule has 0 spiro atoms. The molecule has 5 heteroatoms. The number of hydrogen-bond acceptors (Lipinski definition) is 3. The normalized spacial score (nSPS) is 11.1. The van der Waals surface area contributed by atoms with Crippen molar-refractivity contribution in [2.45, 2.75) is 0 Å². The zero-order valence-corrected chi connectivity index (χ0v) is 19.1. The van der Waals surface area contributed by atoms with Crippen molar-refractivity contribution in [3.63, 3.8) is 0 Å². The summed E-state index contributed by atoms with van der Waals surface area (Å²) in [6.45, 7) is 0. The molecule has 3 aromatic heterocycles. The van der Waals surface area contributed by atoms with Crippen molar-refractivity contribution in [2.24, 2.45) is 7.05 Å². The van der Waals surface area contributed by atoms with Crippen molar-refractivity contribution in [1.82, 2.24) is 19.5 Å². The topological polar surface area (TPSA) is 63.6 Å². The summed E-state index contributed by atoms with van der Waals surface area (Å²) < 4.78 is 1.97. The molecule has 6 aromatic rings. The molecule has 0 radical (unpaired) electrons. The zero-order chi connectivity index (χ0) is 23.8. The van der Waals surface area contributed by atoms with Crippen LogP contribution in [-0.2, 0) is 7.05 Å². The minimum absolute atomic E-state index is 0.0601. The molecule has 168 valence electrons. The van der Waals surface area contributed by atoms with Crippen molar-refractivity contribution < 1.29 is 0 Å². The summed E-state index contributed by atoms with van der Waals surface area (Å²) >= 11 is 0. The van der Waals surface area contributed by atoms with Gasteiger partial charge in [-0.25, -0.2) is 4.98 Å². The highest BCUT2D eigenvalue weighted by Gasteiger charge is 2.16. The van der Waals surface area contributed by atoms with Crippen molar-refractivity contribution >= 4 is 11.0 Å². The Bertz CT molecular complexity index is 1730. The number of aryl methyl sites for hydroxylation is 1. The number of aromatic amines is 1. The molecule has 3 heterocycles. The van der Waals surface area contributed by atoms with Crippen LogP contribution >= 0.6 is 0 Å². The van der Waals surface area contributed by atoms with E-state index in [1.165, 1.54) is 6.07 Å². The molecular formula is C30H22N4O. The first kappa shape index (κ1) is 20.8. The molecule has 0 aliphatic heterocycles. The average molecular weight is 455 g/mol. The number of H-pyrrole nitrogens is 1.